The molecule has 0 amide bonds. The van der Waals surface area contributed by atoms with Crippen molar-refractivity contribution in [1.29, 1.82) is 0 Å². The minimum Gasteiger partial charge on any atom is -0.371 e. The Morgan fingerprint density at radius 3 is 3.06 bits per heavy atom. The van der Waals surface area contributed by atoms with E-state index in [0.717, 1.165) is 19.0 Å². The summed E-state index contributed by atoms with van der Waals surface area (Å²) in [5, 5.41) is 3.48. The van der Waals surface area contributed by atoms with Crippen molar-refractivity contribution in [3.8, 4) is 0 Å². The van der Waals surface area contributed by atoms with Gasteiger partial charge in [0.05, 0.1) is 0 Å². The van der Waals surface area contributed by atoms with E-state index in [1.807, 2.05) is 0 Å². The second-order valence-corrected chi connectivity index (χ2v) is 5.02. The SMILES string of the molecule is CCC1CN(c2cccc3c2CNCC3)C1. The van der Waals surface area contributed by atoms with Crippen LogP contribution in [-0.4, -0.2) is 19.6 Å². The van der Waals surface area contributed by atoms with E-state index in [9.17, 15) is 0 Å². The molecule has 0 spiro atoms. The monoisotopic (exact) mass is 216 g/mol. The Morgan fingerprint density at radius 1 is 1.38 bits per heavy atom. The Balaban J connectivity index is 1.85. The van der Waals surface area contributed by atoms with Gasteiger partial charge in [0.1, 0.15) is 0 Å². The first kappa shape index (κ1) is 10.2. The third-order valence-corrected chi connectivity index (χ3v) is 4.00. The number of nitrogens with zero attached hydrogens (tertiary/aromatic N) is 1. The fourth-order valence-electron chi connectivity index (χ4n) is 2.82. The summed E-state index contributed by atoms with van der Waals surface area (Å²) in [5.41, 5.74) is 4.58. The number of rotatable bonds is 2. The molecular formula is C14H20N2. The highest BCUT2D eigenvalue weighted by Gasteiger charge is 2.27. The van der Waals surface area contributed by atoms with Crippen LogP contribution in [0.2, 0.25) is 0 Å². The van der Waals surface area contributed by atoms with Crippen molar-refractivity contribution in [3.63, 3.8) is 0 Å². The Kier molecular flexibility index (Phi) is 2.60. The zero-order valence-corrected chi connectivity index (χ0v) is 10.00. The predicted molar refractivity (Wildman–Crippen MR) is 67.8 cm³/mol. The van der Waals surface area contributed by atoms with Gasteiger partial charge in [0.2, 0.25) is 0 Å². The number of benzene rings is 1. The van der Waals surface area contributed by atoms with Crippen molar-refractivity contribution in [2.75, 3.05) is 24.5 Å². The molecular weight excluding hydrogens is 196 g/mol. The Labute approximate surface area is 97.6 Å². The lowest BCUT2D eigenvalue weighted by atomic mass is 9.92. The zero-order valence-electron chi connectivity index (χ0n) is 10.00. The van der Waals surface area contributed by atoms with Crippen LogP contribution in [0.5, 0.6) is 0 Å². The van der Waals surface area contributed by atoms with E-state index in [2.05, 4.69) is 35.3 Å². The average molecular weight is 216 g/mol. The molecule has 3 rings (SSSR count). The molecule has 0 bridgehead atoms. The number of fused-ring (bicyclic) bond motifs is 1. The normalized spacial score (nSPS) is 20.4. The van der Waals surface area contributed by atoms with Crippen LogP contribution in [-0.2, 0) is 13.0 Å². The molecule has 86 valence electrons. The van der Waals surface area contributed by atoms with Gasteiger partial charge in [-0.25, -0.2) is 0 Å². The molecule has 2 heterocycles. The maximum Gasteiger partial charge on any atom is 0.0414 e. The highest BCUT2D eigenvalue weighted by Crippen LogP contribution is 2.32. The van der Waals surface area contributed by atoms with E-state index < -0.39 is 0 Å². The lowest BCUT2D eigenvalue weighted by Crippen LogP contribution is -2.47. The van der Waals surface area contributed by atoms with E-state index in [1.165, 1.54) is 31.6 Å². The van der Waals surface area contributed by atoms with Crippen LogP contribution in [0, 0.1) is 5.92 Å². The minimum absolute atomic E-state index is 0.924. The number of hydrogen-bond donors (Lipinski definition) is 1. The molecule has 0 radical (unpaired) electrons. The third kappa shape index (κ3) is 1.61. The molecule has 0 aromatic heterocycles. The lowest BCUT2D eigenvalue weighted by molar-refractivity contribution is 0.397. The second-order valence-electron chi connectivity index (χ2n) is 5.02. The van der Waals surface area contributed by atoms with Gasteiger partial charge in [-0.3, -0.25) is 0 Å². The van der Waals surface area contributed by atoms with E-state index in [4.69, 9.17) is 0 Å². The summed E-state index contributed by atoms with van der Waals surface area (Å²) in [5.74, 6) is 0.924. The van der Waals surface area contributed by atoms with Gasteiger partial charge in [0.25, 0.3) is 0 Å². The van der Waals surface area contributed by atoms with E-state index >= 15 is 0 Å². The van der Waals surface area contributed by atoms with Gasteiger partial charge in [-0.1, -0.05) is 19.1 Å². The first-order chi connectivity index (χ1) is 7.88. The molecule has 2 aliphatic rings. The molecule has 2 heteroatoms. The summed E-state index contributed by atoms with van der Waals surface area (Å²) >= 11 is 0. The van der Waals surface area contributed by atoms with Crippen molar-refractivity contribution in [3.05, 3.63) is 29.3 Å². The van der Waals surface area contributed by atoms with Crippen LogP contribution in [0.25, 0.3) is 0 Å². The Bertz CT molecular complexity index is 380. The zero-order chi connectivity index (χ0) is 11.0. The van der Waals surface area contributed by atoms with Gasteiger partial charge in [0.15, 0.2) is 0 Å². The molecule has 0 unspecified atom stereocenters. The molecule has 0 aliphatic carbocycles. The fraction of sp³-hybridized carbons (Fsp3) is 0.571. The topological polar surface area (TPSA) is 15.3 Å². The minimum atomic E-state index is 0.924. The summed E-state index contributed by atoms with van der Waals surface area (Å²) in [6, 6.07) is 6.80. The Morgan fingerprint density at radius 2 is 2.25 bits per heavy atom. The Hall–Kier alpha value is -1.02. The van der Waals surface area contributed by atoms with Crippen LogP contribution in [0.3, 0.4) is 0 Å². The summed E-state index contributed by atoms with van der Waals surface area (Å²) < 4.78 is 0. The smallest absolute Gasteiger partial charge is 0.0414 e. The first-order valence-electron chi connectivity index (χ1n) is 6.45. The average Bonchev–Trinajstić information content (AvgIpc) is 2.28. The third-order valence-electron chi connectivity index (χ3n) is 4.00. The van der Waals surface area contributed by atoms with Crippen molar-refractivity contribution in [2.24, 2.45) is 5.92 Å². The van der Waals surface area contributed by atoms with Gasteiger partial charge in [-0.2, -0.15) is 0 Å². The quantitative estimate of drug-likeness (QED) is 0.815. The van der Waals surface area contributed by atoms with Crippen molar-refractivity contribution >= 4 is 5.69 Å². The van der Waals surface area contributed by atoms with Crippen LogP contribution in [0.15, 0.2) is 18.2 Å². The van der Waals surface area contributed by atoms with Crippen LogP contribution >= 0.6 is 0 Å². The summed E-state index contributed by atoms with van der Waals surface area (Å²) in [6.45, 7) is 7.00. The lowest BCUT2D eigenvalue weighted by Gasteiger charge is -2.42. The summed E-state index contributed by atoms with van der Waals surface area (Å²) in [7, 11) is 0. The number of anilines is 1. The van der Waals surface area contributed by atoms with Gasteiger partial charge in [-0.15, -0.1) is 0 Å². The molecule has 1 aromatic rings. The fourth-order valence-corrected chi connectivity index (χ4v) is 2.82. The first-order valence-corrected chi connectivity index (χ1v) is 6.45. The van der Waals surface area contributed by atoms with Crippen molar-refractivity contribution in [2.45, 2.75) is 26.3 Å². The van der Waals surface area contributed by atoms with Crippen molar-refractivity contribution in [1.82, 2.24) is 5.32 Å². The number of hydrogen-bond acceptors (Lipinski definition) is 2. The van der Waals surface area contributed by atoms with E-state index in [1.54, 1.807) is 11.1 Å². The maximum absolute atomic E-state index is 3.48. The van der Waals surface area contributed by atoms with E-state index in [0.29, 0.717) is 0 Å². The highest BCUT2D eigenvalue weighted by atomic mass is 15.2. The standard InChI is InChI=1S/C14H20N2/c1-2-11-9-16(10-11)14-5-3-4-12-6-7-15-8-13(12)14/h3-5,11,15H,2,6-10H2,1H3. The molecule has 2 nitrogen and oxygen atoms in total. The maximum atomic E-state index is 3.48. The molecule has 0 saturated carbocycles. The van der Waals surface area contributed by atoms with Gasteiger partial charge >= 0.3 is 0 Å². The predicted octanol–water partition coefficient (Wildman–Crippen LogP) is 2.18. The van der Waals surface area contributed by atoms with Crippen LogP contribution in [0.4, 0.5) is 5.69 Å². The van der Waals surface area contributed by atoms with Gasteiger partial charge in [0, 0.05) is 25.3 Å². The molecule has 1 saturated heterocycles. The van der Waals surface area contributed by atoms with Crippen LogP contribution in [0.1, 0.15) is 24.5 Å². The molecule has 1 N–H and O–H groups in total. The molecule has 2 aliphatic heterocycles. The van der Waals surface area contributed by atoms with E-state index in [-0.39, 0.29) is 0 Å². The van der Waals surface area contributed by atoms with Gasteiger partial charge < -0.3 is 10.2 Å². The van der Waals surface area contributed by atoms with Gasteiger partial charge in [-0.05, 0) is 42.5 Å². The van der Waals surface area contributed by atoms with Crippen LogP contribution < -0.4 is 10.2 Å². The summed E-state index contributed by atoms with van der Waals surface area (Å²) in [6.07, 6.45) is 2.51. The molecule has 1 fully saturated rings. The second kappa shape index (κ2) is 4.10. The largest absolute Gasteiger partial charge is 0.371 e. The van der Waals surface area contributed by atoms with Crippen molar-refractivity contribution < 1.29 is 0 Å². The number of nitrogens with one attached hydrogen (secondary N) is 1. The molecule has 0 atom stereocenters. The highest BCUT2D eigenvalue weighted by molar-refractivity contribution is 5.59. The molecule has 16 heavy (non-hydrogen) atoms. The summed E-state index contributed by atoms with van der Waals surface area (Å²) in [4.78, 5) is 2.54. The molecule has 1 aromatic carbocycles.